The van der Waals surface area contributed by atoms with Gasteiger partial charge in [0.25, 0.3) is 0 Å². The van der Waals surface area contributed by atoms with E-state index in [4.69, 9.17) is 0 Å². The lowest BCUT2D eigenvalue weighted by molar-refractivity contribution is -0.142. The first-order valence-corrected chi connectivity index (χ1v) is 4.65. The molecule has 0 aliphatic heterocycles. The lowest BCUT2D eigenvalue weighted by atomic mass is 10.3. The number of carbonyl (C=O) groups is 1. The fourth-order valence-electron chi connectivity index (χ4n) is 0.779. The Bertz CT molecular complexity index is 263. The summed E-state index contributed by atoms with van der Waals surface area (Å²) in [5.41, 5.74) is 0.834. The molecule has 1 rings (SSSR count). The summed E-state index contributed by atoms with van der Waals surface area (Å²) < 4.78 is 8.25. The third kappa shape index (κ3) is 3.08. The first-order valence-electron chi connectivity index (χ1n) is 3.81. The monoisotopic (exact) mass is 201 g/mol. The average molecular weight is 201 g/mol. The van der Waals surface area contributed by atoms with E-state index < -0.39 is 0 Å². The van der Waals surface area contributed by atoms with Gasteiger partial charge in [0.1, 0.15) is 6.04 Å². The Balaban J connectivity index is 2.30. The van der Waals surface area contributed by atoms with Crippen molar-refractivity contribution in [3.05, 3.63) is 11.1 Å². The zero-order chi connectivity index (χ0) is 9.68. The van der Waals surface area contributed by atoms with E-state index in [1.54, 1.807) is 6.92 Å². The molecular weight excluding hydrogens is 190 g/mol. The zero-order valence-corrected chi connectivity index (χ0v) is 8.30. The Morgan fingerprint density at radius 2 is 2.62 bits per heavy atom. The number of rotatable bonds is 4. The first kappa shape index (κ1) is 10.1. The van der Waals surface area contributed by atoms with Gasteiger partial charge in [0, 0.05) is 11.9 Å². The molecule has 0 bridgehead atoms. The number of nitrogens with zero attached hydrogens (tertiary/aromatic N) is 2. The van der Waals surface area contributed by atoms with Gasteiger partial charge in [-0.1, -0.05) is 4.49 Å². The van der Waals surface area contributed by atoms with Crippen LogP contribution in [-0.2, 0) is 16.1 Å². The van der Waals surface area contributed by atoms with Crippen LogP contribution in [0.3, 0.4) is 0 Å². The molecule has 1 heterocycles. The smallest absolute Gasteiger partial charge is 0.322 e. The Hall–Kier alpha value is -1.01. The molecule has 0 aliphatic carbocycles. The number of nitrogens with one attached hydrogen (secondary N) is 1. The lowest BCUT2D eigenvalue weighted by Gasteiger charge is -2.09. The van der Waals surface area contributed by atoms with Crippen molar-refractivity contribution >= 4 is 17.5 Å². The molecule has 1 aromatic rings. The summed E-state index contributed by atoms with van der Waals surface area (Å²) in [6, 6.07) is -0.313. The largest absolute Gasteiger partial charge is 0.468 e. The third-order valence-corrected chi connectivity index (χ3v) is 2.10. The molecule has 6 heteroatoms. The van der Waals surface area contributed by atoms with Crippen molar-refractivity contribution in [1.82, 2.24) is 14.9 Å². The number of hydrogen-bond donors (Lipinski definition) is 1. The summed E-state index contributed by atoms with van der Waals surface area (Å²) in [6.07, 6.45) is 0. The van der Waals surface area contributed by atoms with E-state index in [2.05, 4.69) is 19.6 Å². The SMILES string of the molecule is COC(=O)[C@H](C)NCc1csnn1. The van der Waals surface area contributed by atoms with E-state index >= 15 is 0 Å². The van der Waals surface area contributed by atoms with Crippen LogP contribution in [0.1, 0.15) is 12.6 Å². The van der Waals surface area contributed by atoms with Crippen LogP contribution < -0.4 is 5.32 Å². The molecule has 0 fully saturated rings. The second-order valence-electron chi connectivity index (χ2n) is 2.52. The van der Waals surface area contributed by atoms with Gasteiger partial charge in [0.15, 0.2) is 0 Å². The van der Waals surface area contributed by atoms with Crippen LogP contribution in [0.4, 0.5) is 0 Å². The Labute approximate surface area is 80.3 Å². The maximum absolute atomic E-state index is 11.0. The number of ether oxygens (including phenoxy) is 1. The summed E-state index contributed by atoms with van der Waals surface area (Å²) in [4.78, 5) is 11.0. The molecule has 72 valence electrons. The standard InChI is InChI=1S/C7H11N3O2S/c1-5(7(11)12-2)8-3-6-4-13-10-9-6/h4-5,8H,3H2,1-2H3/t5-/m0/s1. The third-order valence-electron chi connectivity index (χ3n) is 1.55. The number of methoxy groups -OCH3 is 1. The fraction of sp³-hybridized carbons (Fsp3) is 0.571. The summed E-state index contributed by atoms with van der Waals surface area (Å²) in [5.74, 6) is -0.275. The van der Waals surface area contributed by atoms with Crippen LogP contribution in [0, 0.1) is 0 Å². The lowest BCUT2D eigenvalue weighted by Crippen LogP contribution is -2.34. The van der Waals surface area contributed by atoms with Crippen LogP contribution in [0.25, 0.3) is 0 Å². The van der Waals surface area contributed by atoms with Crippen molar-refractivity contribution in [2.45, 2.75) is 19.5 Å². The van der Waals surface area contributed by atoms with Gasteiger partial charge in [0.05, 0.1) is 12.8 Å². The Kier molecular flexibility index (Phi) is 3.78. The maximum Gasteiger partial charge on any atom is 0.322 e. The molecule has 0 spiro atoms. The molecule has 1 atom stereocenters. The summed E-state index contributed by atoms with van der Waals surface area (Å²) in [5, 5.41) is 8.62. The van der Waals surface area contributed by atoms with E-state index in [0.29, 0.717) is 6.54 Å². The first-order chi connectivity index (χ1) is 6.24. The average Bonchev–Trinajstić information content (AvgIpc) is 2.65. The number of hydrogen-bond acceptors (Lipinski definition) is 6. The molecule has 0 unspecified atom stereocenters. The van der Waals surface area contributed by atoms with Gasteiger partial charge >= 0.3 is 5.97 Å². The van der Waals surface area contributed by atoms with Crippen LogP contribution in [0.5, 0.6) is 0 Å². The second kappa shape index (κ2) is 4.88. The topological polar surface area (TPSA) is 64.1 Å². The van der Waals surface area contributed by atoms with Gasteiger partial charge < -0.3 is 4.74 Å². The summed E-state index contributed by atoms with van der Waals surface area (Å²) in [6.45, 7) is 2.28. The molecular formula is C7H11N3O2S. The van der Waals surface area contributed by atoms with Crippen LogP contribution >= 0.6 is 11.5 Å². The fourth-order valence-corrected chi connectivity index (χ4v) is 1.23. The van der Waals surface area contributed by atoms with Crippen molar-refractivity contribution in [3.63, 3.8) is 0 Å². The van der Waals surface area contributed by atoms with Gasteiger partial charge in [-0.2, -0.15) is 0 Å². The van der Waals surface area contributed by atoms with Crippen LogP contribution in [0.15, 0.2) is 5.38 Å². The Morgan fingerprint density at radius 3 is 3.15 bits per heavy atom. The van der Waals surface area contributed by atoms with Gasteiger partial charge in [-0.25, -0.2) is 0 Å². The number of carbonyl (C=O) groups excluding carboxylic acids is 1. The molecule has 0 radical (unpaired) electrons. The molecule has 0 saturated carbocycles. The van der Waals surface area contributed by atoms with Gasteiger partial charge in [-0.15, -0.1) is 5.10 Å². The van der Waals surface area contributed by atoms with E-state index in [1.807, 2.05) is 5.38 Å². The van der Waals surface area contributed by atoms with Gasteiger partial charge in [-0.05, 0) is 18.5 Å². The molecule has 0 aromatic carbocycles. The molecule has 13 heavy (non-hydrogen) atoms. The van der Waals surface area contributed by atoms with E-state index in [1.165, 1.54) is 18.6 Å². The molecule has 0 saturated heterocycles. The number of esters is 1. The highest BCUT2D eigenvalue weighted by molar-refractivity contribution is 7.03. The predicted molar refractivity (Wildman–Crippen MR) is 48.2 cm³/mol. The van der Waals surface area contributed by atoms with Gasteiger partial charge in [0.2, 0.25) is 0 Å². The molecule has 1 aromatic heterocycles. The minimum absolute atomic E-state index is 0.275. The van der Waals surface area contributed by atoms with E-state index in [0.717, 1.165) is 5.69 Å². The maximum atomic E-state index is 11.0. The predicted octanol–water partition coefficient (Wildman–Crippen LogP) is 0.189. The molecule has 0 aliphatic rings. The van der Waals surface area contributed by atoms with Crippen molar-refractivity contribution < 1.29 is 9.53 Å². The number of aromatic nitrogens is 2. The van der Waals surface area contributed by atoms with E-state index in [-0.39, 0.29) is 12.0 Å². The summed E-state index contributed by atoms with van der Waals surface area (Å²) >= 11 is 1.29. The highest BCUT2D eigenvalue weighted by Gasteiger charge is 2.11. The van der Waals surface area contributed by atoms with E-state index in [9.17, 15) is 4.79 Å². The van der Waals surface area contributed by atoms with Crippen LogP contribution in [0.2, 0.25) is 0 Å². The van der Waals surface area contributed by atoms with Crippen molar-refractivity contribution in [1.29, 1.82) is 0 Å². The Morgan fingerprint density at radius 1 is 1.85 bits per heavy atom. The van der Waals surface area contributed by atoms with Crippen molar-refractivity contribution in [3.8, 4) is 0 Å². The van der Waals surface area contributed by atoms with Crippen molar-refractivity contribution in [2.24, 2.45) is 0 Å². The highest BCUT2D eigenvalue weighted by Crippen LogP contribution is 1.97. The van der Waals surface area contributed by atoms with Crippen LogP contribution in [-0.4, -0.2) is 28.7 Å². The minimum atomic E-state index is -0.313. The molecule has 5 nitrogen and oxygen atoms in total. The zero-order valence-electron chi connectivity index (χ0n) is 7.48. The highest BCUT2D eigenvalue weighted by atomic mass is 32.1. The minimum Gasteiger partial charge on any atom is -0.468 e. The normalized spacial score (nSPS) is 12.5. The quantitative estimate of drug-likeness (QED) is 0.704. The van der Waals surface area contributed by atoms with Crippen molar-refractivity contribution in [2.75, 3.05) is 7.11 Å². The van der Waals surface area contributed by atoms with Gasteiger partial charge in [-0.3, -0.25) is 10.1 Å². The second-order valence-corrected chi connectivity index (χ2v) is 3.13. The molecule has 0 amide bonds. The summed E-state index contributed by atoms with van der Waals surface area (Å²) in [7, 11) is 1.37. The molecule has 1 N–H and O–H groups in total.